The highest BCUT2D eigenvalue weighted by atomic mass is 35.5. The molecule has 0 bridgehead atoms. The minimum absolute atomic E-state index is 0.218. The monoisotopic (exact) mass is 356 g/mol. The van der Waals surface area contributed by atoms with Crippen LogP contribution in [0.25, 0.3) is 11.0 Å². The maximum Gasteiger partial charge on any atom is 0.201 e. The molecule has 0 spiro atoms. The Hall–Kier alpha value is -2.08. The molecule has 1 aromatic heterocycles. The van der Waals surface area contributed by atoms with Crippen molar-refractivity contribution in [3.63, 3.8) is 0 Å². The lowest BCUT2D eigenvalue weighted by Crippen LogP contribution is -2.41. The van der Waals surface area contributed by atoms with Crippen LogP contribution in [0, 0.1) is 0 Å². The van der Waals surface area contributed by atoms with E-state index in [2.05, 4.69) is 26.3 Å². The van der Waals surface area contributed by atoms with E-state index in [0.29, 0.717) is 0 Å². The van der Waals surface area contributed by atoms with Gasteiger partial charge in [0.15, 0.2) is 0 Å². The van der Waals surface area contributed by atoms with Crippen LogP contribution < -0.4 is 5.32 Å². The summed E-state index contributed by atoms with van der Waals surface area (Å²) in [5, 5.41) is 4.22. The number of ether oxygens (including phenoxy) is 1. The maximum atomic E-state index is 6.22. The molecule has 0 radical (unpaired) electrons. The molecule has 2 aromatic carbocycles. The first-order valence-electron chi connectivity index (χ1n) is 8.55. The number of rotatable bonds is 5. The second-order valence-corrected chi connectivity index (χ2v) is 6.64. The van der Waals surface area contributed by atoms with Gasteiger partial charge in [0.05, 0.1) is 30.3 Å². The van der Waals surface area contributed by atoms with Gasteiger partial charge < -0.3 is 15.0 Å². The average Bonchev–Trinajstić information content (AvgIpc) is 3.06. The Morgan fingerprint density at radius 2 is 2.00 bits per heavy atom. The van der Waals surface area contributed by atoms with Crippen molar-refractivity contribution in [1.82, 2.24) is 14.9 Å². The molecule has 5 nitrogen and oxygen atoms in total. The highest BCUT2D eigenvalue weighted by Crippen LogP contribution is 2.25. The number of halogens is 1. The first-order valence-corrected chi connectivity index (χ1v) is 8.93. The van der Waals surface area contributed by atoms with E-state index < -0.39 is 0 Å². The average molecular weight is 357 g/mol. The normalized spacial score (nSPS) is 16.8. The molecule has 25 heavy (non-hydrogen) atoms. The van der Waals surface area contributed by atoms with Crippen LogP contribution in [0.15, 0.2) is 48.5 Å². The van der Waals surface area contributed by atoms with E-state index in [1.54, 1.807) is 0 Å². The fourth-order valence-electron chi connectivity index (χ4n) is 3.29. The van der Waals surface area contributed by atoms with Crippen molar-refractivity contribution in [3.8, 4) is 0 Å². The second kappa shape index (κ2) is 7.44. The van der Waals surface area contributed by atoms with Gasteiger partial charge in [0.1, 0.15) is 0 Å². The Morgan fingerprint density at radius 1 is 1.16 bits per heavy atom. The van der Waals surface area contributed by atoms with Crippen molar-refractivity contribution in [2.45, 2.75) is 6.04 Å². The fourth-order valence-corrected chi connectivity index (χ4v) is 3.49. The van der Waals surface area contributed by atoms with Crippen LogP contribution >= 0.6 is 11.6 Å². The van der Waals surface area contributed by atoms with Crippen LogP contribution in [-0.4, -0.2) is 47.7 Å². The highest BCUT2D eigenvalue weighted by Gasteiger charge is 2.23. The van der Waals surface area contributed by atoms with Crippen LogP contribution in [-0.2, 0) is 4.74 Å². The number of imidazole rings is 1. The van der Waals surface area contributed by atoms with Gasteiger partial charge in [-0.15, -0.1) is 0 Å². The van der Waals surface area contributed by atoms with Crippen molar-refractivity contribution in [1.29, 1.82) is 0 Å². The van der Waals surface area contributed by atoms with E-state index in [9.17, 15) is 0 Å². The van der Waals surface area contributed by atoms with Gasteiger partial charge in [-0.3, -0.25) is 4.90 Å². The van der Waals surface area contributed by atoms with Gasteiger partial charge >= 0.3 is 0 Å². The Kier molecular flexibility index (Phi) is 4.88. The summed E-state index contributed by atoms with van der Waals surface area (Å²) in [6.45, 7) is 4.11. The van der Waals surface area contributed by atoms with E-state index >= 15 is 0 Å². The molecule has 130 valence electrons. The predicted molar refractivity (Wildman–Crippen MR) is 101 cm³/mol. The lowest BCUT2D eigenvalue weighted by Gasteiger charge is -2.35. The molecular formula is C19H21ClN4O. The van der Waals surface area contributed by atoms with Crippen LogP contribution in [0.4, 0.5) is 5.95 Å². The van der Waals surface area contributed by atoms with Gasteiger partial charge in [0, 0.05) is 24.7 Å². The summed E-state index contributed by atoms with van der Waals surface area (Å²) in [5.74, 6) is 0.793. The van der Waals surface area contributed by atoms with Crippen molar-refractivity contribution in [3.05, 3.63) is 59.1 Å². The first kappa shape index (κ1) is 16.4. The number of hydrogen-bond acceptors (Lipinski definition) is 4. The number of fused-ring (bicyclic) bond motifs is 1. The van der Waals surface area contributed by atoms with Gasteiger partial charge in [-0.05, 0) is 29.8 Å². The Morgan fingerprint density at radius 3 is 2.80 bits per heavy atom. The molecular weight excluding hydrogens is 336 g/mol. The van der Waals surface area contributed by atoms with Crippen LogP contribution in [0.3, 0.4) is 0 Å². The zero-order valence-electron chi connectivity index (χ0n) is 13.9. The molecule has 2 N–H and O–H groups in total. The molecule has 1 aliphatic heterocycles. The molecule has 6 heteroatoms. The Bertz CT molecular complexity index is 811. The molecule has 0 amide bonds. The number of aromatic nitrogens is 2. The summed E-state index contributed by atoms with van der Waals surface area (Å²) in [5.41, 5.74) is 3.21. The molecule has 0 saturated carbocycles. The summed E-state index contributed by atoms with van der Waals surface area (Å²) in [6.07, 6.45) is 0. The van der Waals surface area contributed by atoms with E-state index in [1.807, 2.05) is 42.5 Å². The number of aromatic amines is 1. The molecule has 0 aliphatic carbocycles. The second-order valence-electron chi connectivity index (χ2n) is 6.20. The minimum Gasteiger partial charge on any atom is -0.379 e. The van der Waals surface area contributed by atoms with Gasteiger partial charge in [-0.25, -0.2) is 4.98 Å². The summed E-state index contributed by atoms with van der Waals surface area (Å²) in [7, 11) is 0. The van der Waals surface area contributed by atoms with Crippen molar-refractivity contribution < 1.29 is 4.74 Å². The fraction of sp³-hybridized carbons (Fsp3) is 0.316. The van der Waals surface area contributed by atoms with Crippen LogP contribution in [0.2, 0.25) is 5.02 Å². The van der Waals surface area contributed by atoms with Gasteiger partial charge in [0.25, 0.3) is 0 Å². The van der Waals surface area contributed by atoms with E-state index in [-0.39, 0.29) is 6.04 Å². The summed E-state index contributed by atoms with van der Waals surface area (Å²) in [4.78, 5) is 10.4. The summed E-state index contributed by atoms with van der Waals surface area (Å²) < 4.78 is 5.51. The van der Waals surface area contributed by atoms with E-state index in [0.717, 1.165) is 54.9 Å². The smallest absolute Gasteiger partial charge is 0.201 e. The Labute approximate surface area is 152 Å². The van der Waals surface area contributed by atoms with Crippen LogP contribution in [0.1, 0.15) is 11.6 Å². The number of anilines is 1. The third-order valence-corrected chi connectivity index (χ3v) is 4.81. The third-order valence-electron chi connectivity index (χ3n) is 4.57. The van der Waals surface area contributed by atoms with E-state index in [4.69, 9.17) is 16.3 Å². The number of para-hydroxylation sites is 2. The van der Waals surface area contributed by atoms with Gasteiger partial charge in [-0.1, -0.05) is 35.9 Å². The summed E-state index contributed by atoms with van der Waals surface area (Å²) >= 11 is 6.22. The number of nitrogens with one attached hydrogen (secondary N) is 2. The lowest BCUT2D eigenvalue weighted by atomic mass is 10.0. The first-order chi connectivity index (χ1) is 12.3. The number of nitrogens with zero attached hydrogens (tertiary/aromatic N) is 2. The molecule has 4 rings (SSSR count). The summed E-state index contributed by atoms with van der Waals surface area (Å²) in [6, 6.07) is 16.4. The highest BCUT2D eigenvalue weighted by molar-refractivity contribution is 6.30. The largest absolute Gasteiger partial charge is 0.379 e. The zero-order valence-corrected chi connectivity index (χ0v) is 14.7. The van der Waals surface area contributed by atoms with Crippen molar-refractivity contribution in [2.75, 3.05) is 38.2 Å². The SMILES string of the molecule is Clc1cccc(C(CNc2nc3ccccc3[nH]2)N2CCOCC2)c1. The van der Waals surface area contributed by atoms with Gasteiger partial charge in [0.2, 0.25) is 5.95 Å². The van der Waals surface area contributed by atoms with E-state index in [1.165, 1.54) is 5.56 Å². The molecule has 1 aliphatic rings. The topological polar surface area (TPSA) is 53.2 Å². The number of hydrogen-bond donors (Lipinski definition) is 2. The van der Waals surface area contributed by atoms with Crippen molar-refractivity contribution in [2.24, 2.45) is 0 Å². The minimum atomic E-state index is 0.218. The maximum absolute atomic E-state index is 6.22. The lowest BCUT2D eigenvalue weighted by molar-refractivity contribution is 0.0187. The van der Waals surface area contributed by atoms with Crippen molar-refractivity contribution >= 4 is 28.6 Å². The van der Waals surface area contributed by atoms with Crippen LogP contribution in [0.5, 0.6) is 0 Å². The molecule has 3 aromatic rings. The zero-order chi connectivity index (χ0) is 17.1. The molecule has 1 saturated heterocycles. The molecule has 1 fully saturated rings. The quantitative estimate of drug-likeness (QED) is 0.732. The standard InChI is InChI=1S/C19H21ClN4O/c20-15-5-3-4-14(12-15)18(24-8-10-25-11-9-24)13-21-19-22-16-6-1-2-7-17(16)23-19/h1-7,12,18H,8-11,13H2,(H2,21,22,23). The Balaban J connectivity index is 1.54. The molecule has 2 heterocycles. The predicted octanol–water partition coefficient (Wildman–Crippen LogP) is 3.70. The molecule has 1 atom stereocenters. The number of morpholine rings is 1. The number of benzene rings is 2. The van der Waals surface area contributed by atoms with Gasteiger partial charge in [-0.2, -0.15) is 0 Å². The third kappa shape index (κ3) is 3.79. The molecule has 1 unspecified atom stereocenters. The number of H-pyrrole nitrogens is 1.